The van der Waals surface area contributed by atoms with E-state index in [9.17, 15) is 24.3 Å². The number of aromatic nitrogens is 3. The van der Waals surface area contributed by atoms with Gasteiger partial charge >= 0.3 is 7.82 Å². The molecule has 4 rings (SSSR count). The number of halogens is 1. The predicted molar refractivity (Wildman–Crippen MR) is 159 cm³/mol. The van der Waals surface area contributed by atoms with Crippen LogP contribution in [0, 0.1) is 0 Å². The number of aromatic hydroxyl groups is 1. The number of imidazole rings is 1. The normalized spacial score (nSPS) is 11.8. The summed E-state index contributed by atoms with van der Waals surface area (Å²) in [5, 5.41) is 14.6. The number of rotatable bonds is 14. The van der Waals surface area contributed by atoms with Gasteiger partial charge in [-0.15, -0.1) is 0 Å². The summed E-state index contributed by atoms with van der Waals surface area (Å²) >= 11 is 3.10. The number of pyridine rings is 1. The Morgan fingerprint density at radius 2 is 1.98 bits per heavy atom. The van der Waals surface area contributed by atoms with Gasteiger partial charge in [0.05, 0.1) is 36.1 Å². The zero-order valence-electron chi connectivity index (χ0n) is 22.5. The zero-order valence-corrected chi connectivity index (χ0v) is 25.0. The number of phosphoric acid groups is 1. The molecule has 0 aliphatic heterocycles. The number of hydrogen-bond donors (Lipinski definition) is 5. The molecule has 2 aromatic carbocycles. The number of carbonyl (C=O) groups excluding carboxylic acids is 1. The number of para-hydroxylation sites is 1. The average Bonchev–Trinajstić information content (AvgIpc) is 3.29. The van der Waals surface area contributed by atoms with Crippen LogP contribution in [0.2, 0.25) is 0 Å². The van der Waals surface area contributed by atoms with Crippen molar-refractivity contribution in [1.82, 2.24) is 19.9 Å². The van der Waals surface area contributed by atoms with Crippen LogP contribution in [0.3, 0.4) is 0 Å². The van der Waals surface area contributed by atoms with Crippen molar-refractivity contribution >= 4 is 57.4 Å². The molecule has 1 amide bonds. The van der Waals surface area contributed by atoms with Crippen molar-refractivity contribution in [3.63, 3.8) is 0 Å². The van der Waals surface area contributed by atoms with Gasteiger partial charge in [-0.25, -0.2) is 14.5 Å². The number of nitrogens with one attached hydrogen (secondary N) is 1. The molecule has 0 saturated heterocycles. The van der Waals surface area contributed by atoms with Crippen molar-refractivity contribution < 1.29 is 33.5 Å². The van der Waals surface area contributed by atoms with E-state index in [2.05, 4.69) is 37.7 Å². The van der Waals surface area contributed by atoms with E-state index in [1.54, 1.807) is 12.1 Å². The number of anilines is 1. The lowest BCUT2D eigenvalue weighted by atomic mass is 10.1. The number of aryl methyl sites for hydroxylation is 1. The summed E-state index contributed by atoms with van der Waals surface area (Å²) in [6.07, 6.45) is 3.13. The molecule has 12 nitrogen and oxygen atoms in total. The molecular weight excluding hydrogens is 617 g/mol. The molecule has 0 aliphatic rings. The SMILES string of the molecule is CCCCc1nc2c(N)nc3cc(CCOCCNC(=O)CBr)ccc3c2n1Cc1cccc(OP(=O)(O)O)c1O. The van der Waals surface area contributed by atoms with Crippen LogP contribution in [0.5, 0.6) is 11.5 Å². The van der Waals surface area contributed by atoms with Gasteiger partial charge < -0.3 is 30.0 Å². The van der Waals surface area contributed by atoms with E-state index in [4.69, 9.17) is 15.5 Å². The van der Waals surface area contributed by atoms with Crippen molar-refractivity contribution in [2.75, 3.05) is 30.8 Å². The quantitative estimate of drug-likeness (QED) is 0.0765. The number of fused-ring (bicyclic) bond motifs is 3. The molecule has 220 valence electrons. The average molecular weight is 650 g/mol. The minimum Gasteiger partial charge on any atom is -0.504 e. The number of phenolic OH excluding ortho intramolecular Hbond substituents is 1. The van der Waals surface area contributed by atoms with E-state index in [1.807, 2.05) is 22.8 Å². The summed E-state index contributed by atoms with van der Waals surface area (Å²) < 4.78 is 23.7. The second kappa shape index (κ2) is 13.6. The molecular formula is C27H33BrN5O7P. The Bertz CT molecular complexity index is 1590. The fourth-order valence-electron chi connectivity index (χ4n) is 4.52. The van der Waals surface area contributed by atoms with Crippen molar-refractivity contribution in [1.29, 1.82) is 0 Å². The third-order valence-electron chi connectivity index (χ3n) is 6.45. The number of amides is 1. The minimum atomic E-state index is -4.86. The summed E-state index contributed by atoms with van der Waals surface area (Å²) in [4.78, 5) is 39.2. The van der Waals surface area contributed by atoms with Gasteiger partial charge in [0.2, 0.25) is 5.91 Å². The summed E-state index contributed by atoms with van der Waals surface area (Å²) in [7, 11) is -4.86. The topological polar surface area (TPSA) is 182 Å². The predicted octanol–water partition coefficient (Wildman–Crippen LogP) is 3.80. The highest BCUT2D eigenvalue weighted by molar-refractivity contribution is 9.09. The fraction of sp³-hybridized carbons (Fsp3) is 0.370. The van der Waals surface area contributed by atoms with Crippen molar-refractivity contribution in [2.45, 2.75) is 39.2 Å². The monoisotopic (exact) mass is 649 g/mol. The van der Waals surface area contributed by atoms with Crippen molar-refractivity contribution in [3.8, 4) is 11.5 Å². The standard InChI is InChI=1S/C27H33BrN5O7P/c1-2-3-7-22-32-24-25(33(22)16-18-5-4-6-21(26(18)35)40-41(36,37)38)19-9-8-17(14-20(19)31-27(24)29)10-12-39-13-11-30-23(34)15-28/h4-6,8-9,14,35H,2-3,7,10-13,15-16H2,1H3,(H2,29,31)(H,30,34)(H2,36,37,38). The highest BCUT2D eigenvalue weighted by Gasteiger charge is 2.22. The number of nitrogens with two attached hydrogens (primary N) is 1. The lowest BCUT2D eigenvalue weighted by Gasteiger charge is -2.15. The highest BCUT2D eigenvalue weighted by Crippen LogP contribution is 2.43. The van der Waals surface area contributed by atoms with Gasteiger partial charge in [-0.1, -0.05) is 53.5 Å². The number of phosphoric ester groups is 1. The van der Waals surface area contributed by atoms with E-state index >= 15 is 0 Å². The second-order valence-corrected chi connectivity index (χ2v) is 11.2. The molecule has 0 bridgehead atoms. The van der Waals surface area contributed by atoms with Crippen LogP contribution in [-0.4, -0.2) is 60.4 Å². The third kappa shape index (κ3) is 7.75. The highest BCUT2D eigenvalue weighted by atomic mass is 79.9. The van der Waals surface area contributed by atoms with Crippen molar-refractivity contribution in [3.05, 3.63) is 53.3 Å². The Labute approximate surface area is 245 Å². The molecule has 0 atom stereocenters. The number of benzene rings is 2. The number of phenols is 1. The summed E-state index contributed by atoms with van der Waals surface area (Å²) in [5.41, 5.74) is 9.78. The van der Waals surface area contributed by atoms with Gasteiger partial charge in [-0.2, -0.15) is 0 Å². The molecule has 0 radical (unpaired) electrons. The van der Waals surface area contributed by atoms with Crippen molar-refractivity contribution in [2.24, 2.45) is 0 Å². The first kappa shape index (κ1) is 30.7. The first-order valence-corrected chi connectivity index (χ1v) is 15.8. The minimum absolute atomic E-state index is 0.0902. The Morgan fingerprint density at radius 1 is 1.17 bits per heavy atom. The maximum Gasteiger partial charge on any atom is 0.524 e. The van der Waals surface area contributed by atoms with Crippen LogP contribution in [0.1, 0.15) is 36.7 Å². The Hall–Kier alpha value is -3.22. The molecule has 2 heterocycles. The number of ether oxygens (including phenoxy) is 1. The van der Waals surface area contributed by atoms with E-state index in [0.717, 1.165) is 35.1 Å². The van der Waals surface area contributed by atoms with Gasteiger partial charge in [0.15, 0.2) is 17.3 Å². The number of carbonyl (C=O) groups is 1. The molecule has 41 heavy (non-hydrogen) atoms. The lowest BCUT2D eigenvalue weighted by molar-refractivity contribution is -0.118. The van der Waals surface area contributed by atoms with Gasteiger partial charge in [0.25, 0.3) is 0 Å². The molecule has 0 fully saturated rings. The van der Waals surface area contributed by atoms with Crippen LogP contribution in [0.15, 0.2) is 36.4 Å². The zero-order chi connectivity index (χ0) is 29.6. The Morgan fingerprint density at radius 3 is 2.71 bits per heavy atom. The second-order valence-electron chi connectivity index (χ2n) is 9.46. The van der Waals surface area contributed by atoms with Crippen LogP contribution < -0.4 is 15.6 Å². The van der Waals surface area contributed by atoms with E-state index in [0.29, 0.717) is 49.2 Å². The molecule has 0 saturated carbocycles. The van der Waals surface area contributed by atoms with Crippen LogP contribution in [-0.2, 0) is 33.5 Å². The summed E-state index contributed by atoms with van der Waals surface area (Å²) in [6.45, 7) is 3.56. The van der Waals surface area contributed by atoms with E-state index in [-0.39, 0.29) is 35.1 Å². The van der Waals surface area contributed by atoms with E-state index in [1.165, 1.54) is 6.07 Å². The fourth-order valence-corrected chi connectivity index (χ4v) is 5.13. The molecule has 0 aliphatic carbocycles. The molecule has 0 unspecified atom stereocenters. The van der Waals surface area contributed by atoms with Gasteiger partial charge in [0, 0.05) is 23.9 Å². The van der Waals surface area contributed by atoms with E-state index < -0.39 is 7.82 Å². The summed E-state index contributed by atoms with van der Waals surface area (Å²) in [6, 6.07) is 10.4. The molecule has 4 aromatic rings. The molecule has 14 heteroatoms. The number of hydrogen-bond acceptors (Lipinski definition) is 8. The summed E-state index contributed by atoms with van der Waals surface area (Å²) in [5.74, 6) is 0.279. The molecule has 0 spiro atoms. The molecule has 6 N–H and O–H groups in total. The Kier molecular flexibility index (Phi) is 10.2. The number of alkyl halides is 1. The number of nitrogens with zero attached hydrogens (tertiary/aromatic N) is 3. The maximum absolute atomic E-state index is 11.4. The molecule has 2 aromatic heterocycles. The van der Waals surface area contributed by atoms with Gasteiger partial charge in [-0.05, 0) is 30.5 Å². The number of unbranched alkanes of at least 4 members (excludes halogenated alkanes) is 1. The Balaban J connectivity index is 1.66. The van der Waals surface area contributed by atoms with Crippen LogP contribution in [0.4, 0.5) is 5.82 Å². The third-order valence-corrected chi connectivity index (χ3v) is 7.40. The van der Waals surface area contributed by atoms with Crippen LogP contribution in [0.25, 0.3) is 21.9 Å². The number of nitrogen functional groups attached to an aromatic ring is 1. The lowest BCUT2D eigenvalue weighted by Crippen LogP contribution is -2.28. The first-order chi connectivity index (χ1) is 19.6. The smallest absolute Gasteiger partial charge is 0.504 e. The maximum atomic E-state index is 11.4. The van der Waals surface area contributed by atoms with Gasteiger partial charge in [0.1, 0.15) is 11.3 Å². The first-order valence-electron chi connectivity index (χ1n) is 13.1. The largest absolute Gasteiger partial charge is 0.524 e. The van der Waals surface area contributed by atoms with Gasteiger partial charge in [-0.3, -0.25) is 14.6 Å². The van der Waals surface area contributed by atoms with Crippen LogP contribution >= 0.6 is 23.8 Å².